The van der Waals surface area contributed by atoms with Crippen molar-refractivity contribution in [1.82, 2.24) is 5.32 Å². The molecular formula is C10H17N. The Morgan fingerprint density at radius 2 is 1.91 bits per heavy atom. The van der Waals surface area contributed by atoms with E-state index in [-0.39, 0.29) is 0 Å². The summed E-state index contributed by atoms with van der Waals surface area (Å²) in [6, 6.07) is 0. The molecule has 0 bridgehead atoms. The zero-order valence-electron chi connectivity index (χ0n) is 7.91. The Bertz CT molecular complexity index is 208. The van der Waals surface area contributed by atoms with E-state index in [1.165, 1.54) is 17.7 Å². The summed E-state index contributed by atoms with van der Waals surface area (Å²) in [5, 5.41) is 3.15. The van der Waals surface area contributed by atoms with Crippen molar-refractivity contribution in [3.05, 3.63) is 17.0 Å². The zero-order valence-corrected chi connectivity index (χ0v) is 7.91. The van der Waals surface area contributed by atoms with E-state index in [1.807, 2.05) is 7.05 Å². The first-order chi connectivity index (χ1) is 5.04. The molecule has 0 amide bonds. The number of nitrogens with one attached hydrogen (secondary N) is 1. The van der Waals surface area contributed by atoms with Crippen molar-refractivity contribution in [3.8, 4) is 0 Å². The van der Waals surface area contributed by atoms with E-state index in [4.69, 9.17) is 0 Å². The molecule has 0 heterocycles. The molecule has 1 aliphatic rings. The van der Waals surface area contributed by atoms with Gasteiger partial charge in [0.1, 0.15) is 0 Å². The molecular weight excluding hydrogens is 134 g/mol. The first-order valence-electron chi connectivity index (χ1n) is 4.21. The van der Waals surface area contributed by atoms with Crippen LogP contribution >= 0.6 is 0 Å². The summed E-state index contributed by atoms with van der Waals surface area (Å²) >= 11 is 0. The monoisotopic (exact) mass is 151 g/mol. The molecule has 0 unspecified atom stereocenters. The van der Waals surface area contributed by atoms with E-state index in [2.05, 4.69) is 31.8 Å². The van der Waals surface area contributed by atoms with E-state index < -0.39 is 0 Å². The SMILES string of the molecule is CNC1=C=C(C(C)(C)C)CC1. The maximum Gasteiger partial charge on any atom is 0.0538 e. The Morgan fingerprint density at radius 3 is 2.18 bits per heavy atom. The third kappa shape index (κ3) is 1.87. The largest absolute Gasteiger partial charge is 0.385 e. The van der Waals surface area contributed by atoms with Crippen LogP contribution in [0, 0.1) is 5.41 Å². The fourth-order valence-electron chi connectivity index (χ4n) is 1.31. The number of hydrogen-bond donors (Lipinski definition) is 1. The molecule has 1 aliphatic carbocycles. The van der Waals surface area contributed by atoms with Gasteiger partial charge in [-0.25, -0.2) is 0 Å². The average Bonchev–Trinajstić information content (AvgIpc) is 2.32. The van der Waals surface area contributed by atoms with Crippen molar-refractivity contribution in [2.75, 3.05) is 7.05 Å². The predicted molar refractivity (Wildman–Crippen MR) is 48.3 cm³/mol. The number of hydrogen-bond acceptors (Lipinski definition) is 1. The fourth-order valence-corrected chi connectivity index (χ4v) is 1.31. The molecule has 1 heteroatoms. The summed E-state index contributed by atoms with van der Waals surface area (Å²) in [4.78, 5) is 0. The molecule has 1 N–H and O–H groups in total. The minimum absolute atomic E-state index is 0.304. The van der Waals surface area contributed by atoms with Crippen LogP contribution in [0.25, 0.3) is 0 Å². The zero-order chi connectivity index (χ0) is 8.48. The van der Waals surface area contributed by atoms with Gasteiger partial charge in [-0.15, -0.1) is 5.73 Å². The molecule has 0 aliphatic heterocycles. The smallest absolute Gasteiger partial charge is 0.0538 e. The van der Waals surface area contributed by atoms with Gasteiger partial charge in [0.05, 0.1) is 5.70 Å². The van der Waals surface area contributed by atoms with Crippen molar-refractivity contribution in [2.24, 2.45) is 5.41 Å². The molecule has 0 saturated carbocycles. The van der Waals surface area contributed by atoms with Crippen molar-refractivity contribution in [1.29, 1.82) is 0 Å². The molecule has 1 nitrogen and oxygen atoms in total. The molecule has 0 atom stereocenters. The lowest BCUT2D eigenvalue weighted by atomic mass is 9.86. The maximum absolute atomic E-state index is 3.40. The summed E-state index contributed by atoms with van der Waals surface area (Å²) in [5.74, 6) is 0. The second kappa shape index (κ2) is 2.75. The van der Waals surface area contributed by atoms with Gasteiger partial charge in [-0.05, 0) is 23.8 Å². The van der Waals surface area contributed by atoms with Gasteiger partial charge in [-0.2, -0.15) is 0 Å². The van der Waals surface area contributed by atoms with Gasteiger partial charge in [-0.3, -0.25) is 0 Å². The van der Waals surface area contributed by atoms with E-state index in [1.54, 1.807) is 0 Å². The highest BCUT2D eigenvalue weighted by atomic mass is 14.8. The number of rotatable bonds is 1. The minimum atomic E-state index is 0.304. The van der Waals surface area contributed by atoms with E-state index in [9.17, 15) is 0 Å². The highest BCUT2D eigenvalue weighted by Gasteiger charge is 2.20. The Morgan fingerprint density at radius 1 is 1.27 bits per heavy atom. The van der Waals surface area contributed by atoms with E-state index >= 15 is 0 Å². The van der Waals surface area contributed by atoms with Gasteiger partial charge in [0.15, 0.2) is 0 Å². The second-order valence-corrected chi connectivity index (χ2v) is 4.08. The average molecular weight is 151 g/mol. The van der Waals surface area contributed by atoms with Crippen LogP contribution in [0.4, 0.5) is 0 Å². The van der Waals surface area contributed by atoms with Crippen LogP contribution in [0.3, 0.4) is 0 Å². The summed E-state index contributed by atoms with van der Waals surface area (Å²) in [6.07, 6.45) is 2.32. The first kappa shape index (κ1) is 8.42. The third-order valence-corrected chi connectivity index (χ3v) is 2.13. The summed E-state index contributed by atoms with van der Waals surface area (Å²) < 4.78 is 0. The highest BCUT2D eigenvalue weighted by Crippen LogP contribution is 2.32. The van der Waals surface area contributed by atoms with Crippen LogP contribution in [-0.4, -0.2) is 7.05 Å². The Kier molecular flexibility index (Phi) is 2.10. The Labute approximate surface area is 69.2 Å². The van der Waals surface area contributed by atoms with Crippen molar-refractivity contribution >= 4 is 0 Å². The summed E-state index contributed by atoms with van der Waals surface area (Å²) in [5.41, 5.74) is 6.41. The molecule has 0 fully saturated rings. The molecule has 0 aromatic carbocycles. The summed E-state index contributed by atoms with van der Waals surface area (Å²) in [7, 11) is 1.97. The van der Waals surface area contributed by atoms with Crippen LogP contribution in [-0.2, 0) is 0 Å². The molecule has 0 spiro atoms. The van der Waals surface area contributed by atoms with Gasteiger partial charge in [-0.1, -0.05) is 20.8 Å². The van der Waals surface area contributed by atoms with Gasteiger partial charge < -0.3 is 5.32 Å². The third-order valence-electron chi connectivity index (χ3n) is 2.13. The molecule has 11 heavy (non-hydrogen) atoms. The van der Waals surface area contributed by atoms with Crippen molar-refractivity contribution in [2.45, 2.75) is 33.6 Å². The normalized spacial score (nSPS) is 17.8. The van der Waals surface area contributed by atoms with Crippen molar-refractivity contribution in [3.63, 3.8) is 0 Å². The highest BCUT2D eigenvalue weighted by molar-refractivity contribution is 5.21. The predicted octanol–water partition coefficient (Wildman–Crippen LogP) is 2.45. The van der Waals surface area contributed by atoms with Crippen LogP contribution < -0.4 is 5.32 Å². The quantitative estimate of drug-likeness (QED) is 0.568. The molecule has 62 valence electrons. The molecule has 1 rings (SSSR count). The Hall–Kier alpha value is -0.680. The lowest BCUT2D eigenvalue weighted by Crippen LogP contribution is -2.06. The van der Waals surface area contributed by atoms with Gasteiger partial charge in [0.25, 0.3) is 0 Å². The number of allylic oxidation sites excluding steroid dienone is 1. The lowest BCUT2D eigenvalue weighted by Gasteiger charge is -2.18. The van der Waals surface area contributed by atoms with Crippen LogP contribution in [0.2, 0.25) is 0 Å². The second-order valence-electron chi connectivity index (χ2n) is 4.08. The van der Waals surface area contributed by atoms with Crippen LogP contribution in [0.5, 0.6) is 0 Å². The van der Waals surface area contributed by atoms with Gasteiger partial charge in [0, 0.05) is 7.05 Å². The minimum Gasteiger partial charge on any atom is -0.385 e. The van der Waals surface area contributed by atoms with Crippen LogP contribution in [0.1, 0.15) is 33.6 Å². The standard InChI is InChI=1S/C10H17N/c1-10(2,3)8-5-6-9(7-8)11-4/h11H,5-6H2,1-4H3. The van der Waals surface area contributed by atoms with Crippen LogP contribution in [0.15, 0.2) is 17.0 Å². The maximum atomic E-state index is 3.40. The topological polar surface area (TPSA) is 12.0 Å². The lowest BCUT2D eigenvalue weighted by molar-refractivity contribution is 0.488. The first-order valence-corrected chi connectivity index (χ1v) is 4.21. The van der Waals surface area contributed by atoms with Crippen molar-refractivity contribution < 1.29 is 0 Å². The van der Waals surface area contributed by atoms with E-state index in [0.717, 1.165) is 6.42 Å². The van der Waals surface area contributed by atoms with Gasteiger partial charge >= 0.3 is 0 Å². The summed E-state index contributed by atoms with van der Waals surface area (Å²) in [6.45, 7) is 6.73. The Balaban J connectivity index is 2.84. The molecule has 0 saturated heterocycles. The molecule has 0 radical (unpaired) electrons. The fraction of sp³-hybridized carbons (Fsp3) is 0.700. The van der Waals surface area contributed by atoms with E-state index in [0.29, 0.717) is 5.41 Å². The molecule has 0 aromatic rings. The molecule has 0 aromatic heterocycles. The van der Waals surface area contributed by atoms with Gasteiger partial charge in [0.2, 0.25) is 0 Å².